The van der Waals surface area contributed by atoms with E-state index in [2.05, 4.69) is 48.3 Å². The molecule has 2 aromatic rings. The highest BCUT2D eigenvalue weighted by Crippen LogP contribution is 2.23. The van der Waals surface area contributed by atoms with E-state index in [0.717, 1.165) is 30.2 Å². The Bertz CT molecular complexity index is 517. The van der Waals surface area contributed by atoms with Crippen molar-refractivity contribution in [2.45, 2.75) is 33.4 Å². The third-order valence-electron chi connectivity index (χ3n) is 2.90. The highest BCUT2D eigenvalue weighted by atomic mass is 35.5. The first kappa shape index (κ1) is 13.0. The summed E-state index contributed by atoms with van der Waals surface area (Å²) in [5.74, 6) is 0. The SMILES string of the molecule is CCCn1ccc(CNc2cc(C)ccc2Cl)c1. The molecule has 0 radical (unpaired) electrons. The van der Waals surface area contributed by atoms with Crippen molar-refractivity contribution in [3.05, 3.63) is 52.8 Å². The molecule has 0 bridgehead atoms. The first-order valence-electron chi connectivity index (χ1n) is 6.33. The van der Waals surface area contributed by atoms with Gasteiger partial charge < -0.3 is 9.88 Å². The maximum absolute atomic E-state index is 6.15. The van der Waals surface area contributed by atoms with Gasteiger partial charge in [-0.05, 0) is 42.7 Å². The largest absolute Gasteiger partial charge is 0.380 e. The Morgan fingerprint density at radius 3 is 2.89 bits per heavy atom. The lowest BCUT2D eigenvalue weighted by molar-refractivity contribution is 0.682. The minimum atomic E-state index is 0.772. The van der Waals surface area contributed by atoms with Crippen molar-refractivity contribution in [2.24, 2.45) is 0 Å². The number of hydrogen-bond donors (Lipinski definition) is 1. The number of benzene rings is 1. The molecule has 0 spiro atoms. The van der Waals surface area contributed by atoms with E-state index in [9.17, 15) is 0 Å². The van der Waals surface area contributed by atoms with Crippen LogP contribution in [0.15, 0.2) is 36.7 Å². The summed E-state index contributed by atoms with van der Waals surface area (Å²) in [5, 5.41) is 4.15. The molecule has 3 heteroatoms. The summed E-state index contributed by atoms with van der Waals surface area (Å²) in [6, 6.07) is 8.17. The minimum Gasteiger partial charge on any atom is -0.380 e. The summed E-state index contributed by atoms with van der Waals surface area (Å²) >= 11 is 6.15. The molecule has 0 aliphatic heterocycles. The first-order valence-corrected chi connectivity index (χ1v) is 6.71. The van der Waals surface area contributed by atoms with Gasteiger partial charge in [0.2, 0.25) is 0 Å². The summed E-state index contributed by atoms with van der Waals surface area (Å²) in [7, 11) is 0. The number of nitrogens with one attached hydrogen (secondary N) is 1. The van der Waals surface area contributed by atoms with Crippen LogP contribution in [0.25, 0.3) is 0 Å². The molecule has 96 valence electrons. The van der Waals surface area contributed by atoms with Crippen molar-refractivity contribution in [1.29, 1.82) is 0 Å². The molecule has 1 heterocycles. The van der Waals surface area contributed by atoms with Crippen LogP contribution in [0.4, 0.5) is 5.69 Å². The van der Waals surface area contributed by atoms with E-state index in [4.69, 9.17) is 11.6 Å². The Morgan fingerprint density at radius 2 is 2.11 bits per heavy atom. The van der Waals surface area contributed by atoms with Gasteiger partial charge in [-0.25, -0.2) is 0 Å². The molecule has 1 N–H and O–H groups in total. The summed E-state index contributed by atoms with van der Waals surface area (Å²) in [4.78, 5) is 0. The van der Waals surface area contributed by atoms with Gasteiger partial charge >= 0.3 is 0 Å². The number of halogens is 1. The Hall–Kier alpha value is -1.41. The highest BCUT2D eigenvalue weighted by molar-refractivity contribution is 6.33. The number of anilines is 1. The molecule has 0 atom stereocenters. The lowest BCUT2D eigenvalue weighted by Crippen LogP contribution is -1.99. The van der Waals surface area contributed by atoms with Crippen LogP contribution in [0.5, 0.6) is 0 Å². The van der Waals surface area contributed by atoms with Crippen LogP contribution in [-0.2, 0) is 13.1 Å². The third kappa shape index (κ3) is 3.30. The van der Waals surface area contributed by atoms with Crippen LogP contribution in [-0.4, -0.2) is 4.57 Å². The fourth-order valence-corrected chi connectivity index (χ4v) is 2.15. The monoisotopic (exact) mass is 262 g/mol. The average Bonchev–Trinajstić information content (AvgIpc) is 2.79. The van der Waals surface area contributed by atoms with Crippen molar-refractivity contribution in [1.82, 2.24) is 4.57 Å². The highest BCUT2D eigenvalue weighted by Gasteiger charge is 2.01. The van der Waals surface area contributed by atoms with Crippen LogP contribution in [0.3, 0.4) is 0 Å². The van der Waals surface area contributed by atoms with Crippen LogP contribution >= 0.6 is 11.6 Å². The molecular formula is C15H19ClN2. The quantitative estimate of drug-likeness (QED) is 0.841. The minimum absolute atomic E-state index is 0.772. The van der Waals surface area contributed by atoms with Crippen LogP contribution in [0.1, 0.15) is 24.5 Å². The molecule has 0 saturated carbocycles. The third-order valence-corrected chi connectivity index (χ3v) is 3.23. The van der Waals surface area contributed by atoms with Gasteiger partial charge in [0.05, 0.1) is 10.7 Å². The van der Waals surface area contributed by atoms with Gasteiger partial charge in [0.25, 0.3) is 0 Å². The van der Waals surface area contributed by atoms with Crippen molar-refractivity contribution in [3.63, 3.8) is 0 Å². The molecule has 0 aliphatic carbocycles. The summed E-state index contributed by atoms with van der Waals surface area (Å²) < 4.78 is 2.22. The van der Waals surface area contributed by atoms with Gasteiger partial charge in [0.1, 0.15) is 0 Å². The van der Waals surface area contributed by atoms with Crippen molar-refractivity contribution < 1.29 is 0 Å². The molecule has 0 amide bonds. The number of rotatable bonds is 5. The van der Waals surface area contributed by atoms with Crippen molar-refractivity contribution in [2.75, 3.05) is 5.32 Å². The Kier molecular flexibility index (Phi) is 4.32. The zero-order valence-electron chi connectivity index (χ0n) is 10.9. The molecule has 0 saturated heterocycles. The summed E-state index contributed by atoms with van der Waals surface area (Å²) in [5.41, 5.74) is 3.49. The molecule has 18 heavy (non-hydrogen) atoms. The van der Waals surface area contributed by atoms with E-state index in [1.807, 2.05) is 12.1 Å². The lowest BCUT2D eigenvalue weighted by Gasteiger charge is -2.08. The molecule has 2 rings (SSSR count). The number of nitrogens with zero attached hydrogens (tertiary/aromatic N) is 1. The number of hydrogen-bond acceptors (Lipinski definition) is 1. The van der Waals surface area contributed by atoms with Gasteiger partial charge in [-0.2, -0.15) is 0 Å². The topological polar surface area (TPSA) is 17.0 Å². The Labute approximate surface area is 114 Å². The van der Waals surface area contributed by atoms with E-state index in [1.54, 1.807) is 0 Å². The lowest BCUT2D eigenvalue weighted by atomic mass is 10.2. The molecule has 1 aromatic carbocycles. The summed E-state index contributed by atoms with van der Waals surface area (Å²) in [6.07, 6.45) is 5.46. The fraction of sp³-hybridized carbons (Fsp3) is 0.333. The van der Waals surface area contributed by atoms with E-state index in [0.29, 0.717) is 0 Å². The first-order chi connectivity index (χ1) is 8.69. The van der Waals surface area contributed by atoms with Crippen LogP contribution in [0, 0.1) is 6.92 Å². The van der Waals surface area contributed by atoms with E-state index < -0.39 is 0 Å². The van der Waals surface area contributed by atoms with Crippen LogP contribution < -0.4 is 5.32 Å². The van der Waals surface area contributed by atoms with Crippen molar-refractivity contribution >= 4 is 17.3 Å². The maximum Gasteiger partial charge on any atom is 0.0637 e. The molecule has 0 fully saturated rings. The molecule has 0 unspecified atom stereocenters. The average molecular weight is 263 g/mol. The van der Waals surface area contributed by atoms with Gasteiger partial charge in [0, 0.05) is 25.5 Å². The van der Waals surface area contributed by atoms with Crippen LogP contribution in [0.2, 0.25) is 5.02 Å². The standard InChI is InChI=1S/C15H19ClN2/c1-3-7-18-8-6-13(11-18)10-17-15-9-12(2)4-5-14(15)16/h4-6,8-9,11,17H,3,7,10H2,1-2H3. The molecule has 1 aromatic heterocycles. The van der Waals surface area contributed by atoms with Gasteiger partial charge in [-0.1, -0.05) is 24.6 Å². The van der Waals surface area contributed by atoms with E-state index >= 15 is 0 Å². The zero-order valence-corrected chi connectivity index (χ0v) is 11.7. The Balaban J connectivity index is 1.99. The van der Waals surface area contributed by atoms with Crippen molar-refractivity contribution in [3.8, 4) is 0 Å². The molecular weight excluding hydrogens is 244 g/mol. The second-order valence-corrected chi connectivity index (χ2v) is 5.00. The molecule has 0 aliphatic rings. The smallest absolute Gasteiger partial charge is 0.0637 e. The second-order valence-electron chi connectivity index (χ2n) is 4.59. The van der Waals surface area contributed by atoms with Gasteiger partial charge in [0.15, 0.2) is 0 Å². The van der Waals surface area contributed by atoms with E-state index in [-0.39, 0.29) is 0 Å². The Morgan fingerprint density at radius 1 is 1.28 bits per heavy atom. The van der Waals surface area contributed by atoms with Gasteiger partial charge in [-0.3, -0.25) is 0 Å². The van der Waals surface area contributed by atoms with E-state index in [1.165, 1.54) is 11.1 Å². The predicted octanol–water partition coefficient (Wildman–Crippen LogP) is 4.47. The number of aromatic nitrogens is 1. The predicted molar refractivity (Wildman–Crippen MR) is 78.2 cm³/mol. The second kappa shape index (κ2) is 5.96. The normalized spacial score (nSPS) is 10.6. The number of aryl methyl sites for hydroxylation is 2. The maximum atomic E-state index is 6.15. The fourth-order valence-electron chi connectivity index (χ4n) is 1.96. The summed E-state index contributed by atoms with van der Waals surface area (Å²) in [6.45, 7) is 6.13. The van der Waals surface area contributed by atoms with Gasteiger partial charge in [-0.15, -0.1) is 0 Å². The zero-order chi connectivity index (χ0) is 13.0. The molecule has 2 nitrogen and oxygen atoms in total.